The number of hydrogen-bond donors (Lipinski definition) is 3. The minimum absolute atomic E-state index is 0. The maximum Gasteiger partial charge on any atom is 0.411 e. The van der Waals surface area contributed by atoms with E-state index in [1.165, 1.54) is 24.3 Å². The molecule has 0 saturated carbocycles. The van der Waals surface area contributed by atoms with E-state index in [1.54, 1.807) is 13.8 Å². The van der Waals surface area contributed by atoms with Crippen LogP contribution in [0.4, 0.5) is 10.5 Å². The number of halogens is 1. The standard InChI is InChI=1S/C24H35N3O5.ClH/c1-16(2)22(25)23(28)26-11-12-27(24(29)30)19-9-7-17(8-10-19)5-6-18-13-20(31-3)15-21(14-18)32-4;/h5-10,13,16,18,21-22H,11-12,14-15,25H2,1-4H3,(H,26,28)(H,29,30);1H/b6-5+;/i3D3,4D3,5D,6D,14D2,18D,21D;. The smallest absolute Gasteiger partial charge is 0.411 e. The lowest BCUT2D eigenvalue weighted by atomic mass is 9.91. The summed E-state index contributed by atoms with van der Waals surface area (Å²) in [5.41, 5.74) is 5.80. The topological polar surface area (TPSA) is 114 Å². The number of allylic oxidation sites excluding steroid dienone is 2. The Balaban J connectivity index is 0.0000101. The number of hydrogen-bond acceptors (Lipinski definition) is 5. The highest BCUT2D eigenvalue weighted by atomic mass is 35.5. The Morgan fingerprint density at radius 3 is 2.76 bits per heavy atom. The molecule has 3 atom stereocenters. The van der Waals surface area contributed by atoms with Crippen LogP contribution in [0, 0.1) is 11.8 Å². The molecule has 2 rings (SSSR count). The number of nitrogens with one attached hydrogen (secondary N) is 1. The molecule has 2 amide bonds. The summed E-state index contributed by atoms with van der Waals surface area (Å²) < 4.78 is 105. The van der Waals surface area contributed by atoms with Crippen LogP contribution in [0.25, 0.3) is 6.05 Å². The van der Waals surface area contributed by atoms with E-state index in [-0.39, 0.29) is 42.7 Å². The van der Waals surface area contributed by atoms with Crippen molar-refractivity contribution < 1.29 is 40.6 Å². The van der Waals surface area contributed by atoms with Gasteiger partial charge in [-0.15, -0.1) is 12.4 Å². The van der Waals surface area contributed by atoms with E-state index in [2.05, 4.69) is 5.32 Å². The van der Waals surface area contributed by atoms with Crippen LogP contribution in [-0.4, -0.2) is 56.4 Å². The second-order valence-corrected chi connectivity index (χ2v) is 7.25. The van der Waals surface area contributed by atoms with Gasteiger partial charge in [-0.25, -0.2) is 4.79 Å². The van der Waals surface area contributed by atoms with Gasteiger partial charge in [-0.1, -0.05) is 38.1 Å². The van der Waals surface area contributed by atoms with Crippen molar-refractivity contribution in [2.45, 2.75) is 38.8 Å². The van der Waals surface area contributed by atoms with Crippen LogP contribution in [0.3, 0.4) is 0 Å². The molecule has 0 aliphatic heterocycles. The van der Waals surface area contributed by atoms with E-state index in [0.29, 0.717) is 6.08 Å². The van der Waals surface area contributed by atoms with Crippen molar-refractivity contribution in [1.82, 2.24) is 5.32 Å². The molecule has 33 heavy (non-hydrogen) atoms. The largest absolute Gasteiger partial charge is 0.501 e. The molecule has 1 aromatic carbocycles. The molecule has 1 aromatic rings. The number of carbonyl (C=O) groups excluding carboxylic acids is 1. The summed E-state index contributed by atoms with van der Waals surface area (Å²) in [7, 11) is -6.49. The predicted octanol–water partition coefficient (Wildman–Crippen LogP) is 3.66. The highest BCUT2D eigenvalue weighted by Crippen LogP contribution is 2.27. The normalized spacial score (nSPS) is 31.6. The average Bonchev–Trinajstić information content (AvgIpc) is 2.86. The molecule has 0 spiro atoms. The third-order valence-corrected chi connectivity index (χ3v) is 4.58. The Morgan fingerprint density at radius 1 is 1.42 bits per heavy atom. The molecular formula is C24H36ClN3O5. The third kappa shape index (κ3) is 8.72. The van der Waals surface area contributed by atoms with E-state index in [9.17, 15) is 14.7 Å². The molecule has 0 aromatic heterocycles. The molecular weight excluding hydrogens is 446 g/mol. The SMILES string of the molecule is Cl.[2H]/C(=C(/[2H])C1([2H])C=C(OC([2H])([2H])[2H])CC([2H])(OC([2H])([2H])[2H])C1([2H])[2H])c1ccc(N(CCNC(=O)C(N)C(C)C)C(=O)O)cc1. The predicted molar refractivity (Wildman–Crippen MR) is 133 cm³/mol. The number of rotatable bonds is 10. The monoisotopic (exact) mass is 493 g/mol. The Labute approximate surface area is 219 Å². The van der Waals surface area contributed by atoms with Crippen LogP contribution in [0.2, 0.25) is 0 Å². The maximum atomic E-state index is 12.1. The second-order valence-electron chi connectivity index (χ2n) is 7.25. The molecule has 0 heterocycles. The lowest BCUT2D eigenvalue weighted by Crippen LogP contribution is -2.46. The van der Waals surface area contributed by atoms with E-state index < -0.39 is 74.7 Å². The molecule has 1 aliphatic carbocycles. The number of anilines is 1. The summed E-state index contributed by atoms with van der Waals surface area (Å²) >= 11 is 0. The Hall–Kier alpha value is -2.55. The van der Waals surface area contributed by atoms with Crippen LogP contribution >= 0.6 is 12.4 Å². The van der Waals surface area contributed by atoms with E-state index >= 15 is 0 Å². The fourth-order valence-electron chi connectivity index (χ4n) is 2.71. The average molecular weight is 494 g/mol. The maximum absolute atomic E-state index is 12.1. The fraction of sp³-hybridized carbons (Fsp3) is 0.500. The van der Waals surface area contributed by atoms with Gasteiger partial charge >= 0.3 is 6.09 Å². The van der Waals surface area contributed by atoms with E-state index in [4.69, 9.17) is 31.7 Å². The number of nitrogens with zero attached hydrogens (tertiary/aromatic N) is 1. The van der Waals surface area contributed by atoms with Crippen molar-refractivity contribution in [2.75, 3.05) is 32.1 Å². The number of carbonyl (C=O) groups is 2. The fourth-order valence-corrected chi connectivity index (χ4v) is 2.71. The number of ether oxygens (including phenoxy) is 2. The molecule has 0 radical (unpaired) electrons. The molecule has 3 unspecified atom stereocenters. The van der Waals surface area contributed by atoms with Gasteiger partial charge in [0.2, 0.25) is 5.91 Å². The minimum atomic E-state index is -3.36. The van der Waals surface area contributed by atoms with Gasteiger partial charge in [0.1, 0.15) is 0 Å². The van der Waals surface area contributed by atoms with Crippen molar-refractivity contribution in [3.63, 3.8) is 0 Å². The molecule has 184 valence electrons. The zero-order chi connectivity index (χ0) is 34.1. The number of benzene rings is 1. The van der Waals surface area contributed by atoms with Gasteiger partial charge in [0, 0.05) is 42.2 Å². The zero-order valence-corrected chi connectivity index (χ0v) is 19.0. The first kappa shape index (κ1) is 14.7. The molecule has 9 heteroatoms. The van der Waals surface area contributed by atoms with Crippen LogP contribution in [0.15, 0.2) is 42.2 Å². The van der Waals surface area contributed by atoms with Crippen LogP contribution in [0.5, 0.6) is 0 Å². The van der Waals surface area contributed by atoms with Crippen molar-refractivity contribution >= 4 is 36.1 Å². The number of nitrogens with two attached hydrogens (primary N) is 1. The number of methoxy groups -OCH3 is 2. The van der Waals surface area contributed by atoms with Crippen LogP contribution in [0.1, 0.15) is 48.7 Å². The summed E-state index contributed by atoms with van der Waals surface area (Å²) in [6, 6.07) is 2.33. The highest BCUT2D eigenvalue weighted by Gasteiger charge is 2.21. The van der Waals surface area contributed by atoms with Gasteiger partial charge in [0.15, 0.2) is 0 Å². The molecule has 1 aliphatic rings. The quantitative estimate of drug-likeness (QED) is 0.458. The van der Waals surface area contributed by atoms with Crippen molar-refractivity contribution in [3.8, 4) is 0 Å². The molecule has 0 bridgehead atoms. The summed E-state index contributed by atoms with van der Waals surface area (Å²) in [5.74, 6) is -4.35. The van der Waals surface area contributed by atoms with Gasteiger partial charge in [0.25, 0.3) is 0 Å². The number of carboxylic acid groups (broad SMARTS) is 1. The van der Waals surface area contributed by atoms with Gasteiger partial charge in [-0.05, 0) is 36.1 Å². The summed E-state index contributed by atoms with van der Waals surface area (Å²) in [4.78, 5) is 24.8. The molecule has 0 saturated heterocycles. The second kappa shape index (κ2) is 13.9. The first-order valence-corrected chi connectivity index (χ1v) is 9.78. The minimum Gasteiger partial charge on any atom is -0.501 e. The Bertz CT molecular complexity index is 1290. The van der Waals surface area contributed by atoms with Crippen LogP contribution in [-0.2, 0) is 14.3 Å². The lowest BCUT2D eigenvalue weighted by Gasteiger charge is -2.25. The first-order chi connectivity index (χ1) is 19.8. The lowest BCUT2D eigenvalue weighted by molar-refractivity contribution is -0.123. The summed E-state index contributed by atoms with van der Waals surface area (Å²) in [5, 5.41) is 12.2. The molecule has 8 nitrogen and oxygen atoms in total. The zero-order valence-electron chi connectivity index (χ0n) is 30.2. The van der Waals surface area contributed by atoms with E-state index in [0.717, 1.165) is 4.90 Å². The highest BCUT2D eigenvalue weighted by molar-refractivity contribution is 5.86. The molecule has 4 N–H and O–H groups in total. The first-order valence-electron chi connectivity index (χ1n) is 15.8. The Morgan fingerprint density at radius 2 is 2.15 bits per heavy atom. The Kier molecular flexibility index (Phi) is 6.16. The van der Waals surface area contributed by atoms with Crippen LogP contribution < -0.4 is 16.0 Å². The third-order valence-electron chi connectivity index (χ3n) is 4.58. The van der Waals surface area contributed by atoms with E-state index in [1.807, 2.05) is 0 Å². The number of amides is 2. The van der Waals surface area contributed by atoms with Gasteiger partial charge in [-0.2, -0.15) is 0 Å². The molecule has 0 fully saturated rings. The van der Waals surface area contributed by atoms with Crippen molar-refractivity contribution in [1.29, 1.82) is 0 Å². The van der Waals surface area contributed by atoms with Crippen molar-refractivity contribution in [3.05, 3.63) is 47.7 Å². The van der Waals surface area contributed by atoms with Gasteiger partial charge in [0.05, 0.1) is 37.3 Å². The van der Waals surface area contributed by atoms with Crippen molar-refractivity contribution in [2.24, 2.45) is 17.5 Å². The van der Waals surface area contributed by atoms with Gasteiger partial charge < -0.3 is 25.6 Å². The van der Waals surface area contributed by atoms with Gasteiger partial charge in [-0.3, -0.25) is 9.69 Å². The summed E-state index contributed by atoms with van der Waals surface area (Å²) in [6.07, 6.45) is -8.26. The summed E-state index contributed by atoms with van der Waals surface area (Å²) in [6.45, 7) is 3.28.